The Morgan fingerprint density at radius 1 is 0.812 bits per heavy atom. The summed E-state index contributed by atoms with van der Waals surface area (Å²) in [5.41, 5.74) is 28.4. The van der Waals surface area contributed by atoms with Gasteiger partial charge in [-0.1, -0.05) is 0 Å². The number of rotatable bonds is 10. The number of hydrogen-bond donors (Lipinski definition) is 11. The van der Waals surface area contributed by atoms with Crippen LogP contribution in [0.3, 0.4) is 0 Å². The molecule has 18 nitrogen and oxygen atoms in total. The lowest BCUT2D eigenvalue weighted by Gasteiger charge is -2.05. The van der Waals surface area contributed by atoms with Gasteiger partial charge >= 0.3 is 23.9 Å². The lowest BCUT2D eigenvalue weighted by Crippen LogP contribution is -2.36. The SMILES string of the molecule is NC(=O)CC(O)C(N)=O.NCC(=O)O.NCC(=O)OC[C@H](N)C(=O)O.N[C@@H](CO)C(=O)O. The molecule has 0 rings (SSSR count). The number of aliphatic hydroxyl groups excluding tert-OH is 2. The van der Waals surface area contributed by atoms with Gasteiger partial charge in [-0.3, -0.25) is 28.8 Å². The first-order valence-corrected chi connectivity index (χ1v) is 8.17. The van der Waals surface area contributed by atoms with Gasteiger partial charge in [0, 0.05) is 0 Å². The number of carboxylic acids is 3. The summed E-state index contributed by atoms with van der Waals surface area (Å²) in [6.07, 6.45) is -1.85. The van der Waals surface area contributed by atoms with Crippen molar-refractivity contribution in [2.24, 2.45) is 34.4 Å². The van der Waals surface area contributed by atoms with Gasteiger partial charge in [-0.15, -0.1) is 0 Å². The van der Waals surface area contributed by atoms with Crippen LogP contribution in [0.5, 0.6) is 0 Å². The first-order chi connectivity index (χ1) is 14.6. The molecule has 0 aliphatic rings. The molecule has 0 heterocycles. The zero-order valence-electron chi connectivity index (χ0n) is 16.8. The second-order valence-electron chi connectivity index (χ2n) is 5.15. The molecule has 0 radical (unpaired) electrons. The standard InChI is InChI=1S/C5H10N2O4.C4H8N2O3.C3H7NO3.C2H5NO2/c6-1-4(8)11-2-3(7)5(9)10;5-3(8)1-2(7)4(6)9;4-2(1-5)3(6)7;3-1-2(4)5/h3H,1-2,6-7H2,(H,9,10);2,7H,1H2,(H2,5,8)(H2,6,9);2,5H,1,4H2,(H,6,7);1,3H2,(H,4,5)/t3-;;2-;/m0.0./s1. The number of amides is 2. The van der Waals surface area contributed by atoms with E-state index in [9.17, 15) is 28.8 Å². The Morgan fingerprint density at radius 2 is 1.22 bits per heavy atom. The first-order valence-electron chi connectivity index (χ1n) is 8.17. The Hall–Kier alpha value is -3.42. The van der Waals surface area contributed by atoms with E-state index >= 15 is 0 Å². The van der Waals surface area contributed by atoms with E-state index < -0.39 is 66.9 Å². The minimum atomic E-state index is -1.44. The summed E-state index contributed by atoms with van der Waals surface area (Å²) >= 11 is 0. The van der Waals surface area contributed by atoms with Crippen LogP contribution in [0.15, 0.2) is 0 Å². The van der Waals surface area contributed by atoms with Gasteiger partial charge in [-0.05, 0) is 0 Å². The number of carboxylic acid groups (broad SMARTS) is 3. The number of esters is 1. The molecule has 17 N–H and O–H groups in total. The maximum absolute atomic E-state index is 10.3. The van der Waals surface area contributed by atoms with Crippen LogP contribution >= 0.6 is 0 Å². The molecule has 0 spiro atoms. The van der Waals surface area contributed by atoms with Crippen molar-refractivity contribution in [1.82, 2.24) is 0 Å². The molecule has 3 atom stereocenters. The number of aliphatic hydroxyl groups is 2. The number of nitrogens with two attached hydrogens (primary N) is 6. The molecule has 18 heteroatoms. The van der Waals surface area contributed by atoms with Crippen LogP contribution in [0.4, 0.5) is 0 Å². The zero-order valence-corrected chi connectivity index (χ0v) is 16.8. The highest BCUT2D eigenvalue weighted by Crippen LogP contribution is 1.86. The van der Waals surface area contributed by atoms with Crippen molar-refractivity contribution in [3.8, 4) is 0 Å². The quantitative estimate of drug-likeness (QED) is 0.131. The summed E-state index contributed by atoms with van der Waals surface area (Å²) in [7, 11) is 0. The van der Waals surface area contributed by atoms with Crippen molar-refractivity contribution < 1.29 is 59.0 Å². The lowest BCUT2D eigenvalue weighted by molar-refractivity contribution is -0.147. The molecule has 188 valence electrons. The fraction of sp³-hybridized carbons (Fsp3) is 0.571. The van der Waals surface area contributed by atoms with Gasteiger partial charge in [0.25, 0.3) is 0 Å². The Balaban J connectivity index is -0.000000170. The highest BCUT2D eigenvalue weighted by Gasteiger charge is 2.13. The minimum absolute atomic E-state index is 0.271. The monoisotopic (exact) mass is 474 g/mol. The van der Waals surface area contributed by atoms with Crippen molar-refractivity contribution >= 4 is 35.7 Å². The molecule has 0 fully saturated rings. The molecule has 2 amide bonds. The van der Waals surface area contributed by atoms with Crippen LogP contribution in [0, 0.1) is 0 Å². The third-order valence-electron chi connectivity index (χ3n) is 2.32. The first kappa shape index (κ1) is 36.0. The fourth-order valence-electron chi connectivity index (χ4n) is 0.682. The van der Waals surface area contributed by atoms with Gasteiger partial charge in [0.2, 0.25) is 11.8 Å². The van der Waals surface area contributed by atoms with Gasteiger partial charge in [0.05, 0.1) is 26.1 Å². The molecule has 32 heavy (non-hydrogen) atoms. The van der Waals surface area contributed by atoms with Crippen molar-refractivity contribution in [1.29, 1.82) is 0 Å². The van der Waals surface area contributed by atoms with Gasteiger partial charge < -0.3 is 64.7 Å². The molecule has 0 aromatic carbocycles. The molecule has 0 aliphatic carbocycles. The van der Waals surface area contributed by atoms with Crippen LogP contribution in [0.2, 0.25) is 0 Å². The maximum Gasteiger partial charge on any atom is 0.324 e. The third-order valence-corrected chi connectivity index (χ3v) is 2.32. The van der Waals surface area contributed by atoms with E-state index in [-0.39, 0.29) is 19.7 Å². The Bertz CT molecular complexity index is 603. The largest absolute Gasteiger partial charge is 0.480 e. The van der Waals surface area contributed by atoms with Crippen LogP contribution in [0.25, 0.3) is 0 Å². The van der Waals surface area contributed by atoms with Gasteiger partial charge in [0.1, 0.15) is 24.8 Å². The van der Waals surface area contributed by atoms with Crippen LogP contribution < -0.4 is 34.4 Å². The Kier molecular flexibility index (Phi) is 25.0. The van der Waals surface area contributed by atoms with Gasteiger partial charge in [0.15, 0.2) is 0 Å². The summed E-state index contributed by atoms with van der Waals surface area (Å²) in [4.78, 5) is 59.3. The second kappa shape index (κ2) is 22.3. The van der Waals surface area contributed by atoms with E-state index in [1.807, 2.05) is 0 Å². The third kappa shape index (κ3) is 31.3. The Labute approximate surface area is 181 Å². The predicted octanol–water partition coefficient (Wildman–Crippen LogP) is -6.97. The van der Waals surface area contributed by atoms with E-state index in [1.165, 1.54) is 0 Å². The van der Waals surface area contributed by atoms with E-state index in [0.29, 0.717) is 0 Å². The van der Waals surface area contributed by atoms with Crippen LogP contribution in [0.1, 0.15) is 6.42 Å². The highest BCUT2D eigenvalue weighted by atomic mass is 16.5. The van der Waals surface area contributed by atoms with Crippen molar-refractivity contribution in [2.75, 3.05) is 26.3 Å². The van der Waals surface area contributed by atoms with E-state index in [4.69, 9.17) is 42.7 Å². The molecular weight excluding hydrogens is 444 g/mol. The van der Waals surface area contributed by atoms with E-state index in [1.54, 1.807) is 0 Å². The molecular formula is C14H30N6O12. The van der Waals surface area contributed by atoms with E-state index in [0.717, 1.165) is 0 Å². The van der Waals surface area contributed by atoms with Crippen molar-refractivity contribution in [3.63, 3.8) is 0 Å². The molecule has 0 aromatic rings. The number of aliphatic carboxylic acids is 3. The molecule has 1 unspecified atom stereocenters. The second-order valence-corrected chi connectivity index (χ2v) is 5.15. The normalized spacial score (nSPS) is 11.8. The molecule has 0 saturated carbocycles. The number of carbonyl (C=O) groups excluding carboxylic acids is 3. The molecule has 0 aromatic heterocycles. The minimum Gasteiger partial charge on any atom is -0.480 e. The summed E-state index contributed by atoms with van der Waals surface area (Å²) in [6, 6.07) is -2.30. The van der Waals surface area contributed by atoms with Crippen molar-refractivity contribution in [3.05, 3.63) is 0 Å². The number of carbonyl (C=O) groups is 6. The number of hydrogen-bond acceptors (Lipinski definition) is 13. The summed E-state index contributed by atoms with van der Waals surface area (Å²) in [5, 5.41) is 40.2. The molecule has 0 bridgehead atoms. The van der Waals surface area contributed by atoms with Gasteiger partial charge in [-0.25, -0.2) is 0 Å². The topological polar surface area (TPSA) is 369 Å². The highest BCUT2D eigenvalue weighted by molar-refractivity contribution is 5.85. The summed E-state index contributed by atoms with van der Waals surface area (Å²) < 4.78 is 4.34. The predicted molar refractivity (Wildman–Crippen MR) is 104 cm³/mol. The number of ether oxygens (including phenoxy) is 1. The molecule has 0 saturated heterocycles. The average molecular weight is 474 g/mol. The number of primary amides is 2. The van der Waals surface area contributed by atoms with Gasteiger partial charge in [-0.2, -0.15) is 0 Å². The zero-order chi connectivity index (χ0) is 26.4. The van der Waals surface area contributed by atoms with E-state index in [2.05, 4.69) is 21.9 Å². The lowest BCUT2D eigenvalue weighted by atomic mass is 10.2. The smallest absolute Gasteiger partial charge is 0.324 e. The fourth-order valence-corrected chi connectivity index (χ4v) is 0.682. The summed E-state index contributed by atoms with van der Waals surface area (Å²) in [6.45, 7) is -1.40. The van der Waals surface area contributed by atoms with Crippen molar-refractivity contribution in [2.45, 2.75) is 24.6 Å². The Morgan fingerprint density at radius 3 is 1.38 bits per heavy atom. The van der Waals surface area contributed by atoms with Crippen LogP contribution in [-0.2, 0) is 33.5 Å². The average Bonchev–Trinajstić information content (AvgIpc) is 2.71. The molecule has 0 aliphatic heterocycles. The maximum atomic E-state index is 10.3. The van der Waals surface area contributed by atoms with Crippen LogP contribution in [-0.4, -0.2) is 106 Å². The summed E-state index contributed by atoms with van der Waals surface area (Å²) in [5.74, 6) is -5.71.